The van der Waals surface area contributed by atoms with E-state index in [1.54, 1.807) is 6.07 Å². The summed E-state index contributed by atoms with van der Waals surface area (Å²) >= 11 is 0. The summed E-state index contributed by atoms with van der Waals surface area (Å²) in [6.45, 7) is 3.82. The van der Waals surface area contributed by atoms with Crippen molar-refractivity contribution in [2.45, 2.75) is 0 Å². The molecule has 5 heteroatoms. The molecule has 1 saturated heterocycles. The summed E-state index contributed by atoms with van der Waals surface area (Å²) in [6, 6.07) is 1.61. The van der Waals surface area contributed by atoms with E-state index in [1.165, 1.54) is 0 Å². The van der Waals surface area contributed by atoms with E-state index in [2.05, 4.69) is 32.7 Å². The number of likely N-dealkylation sites (N-methyl/N-ethyl adjacent to an activating group) is 1. The van der Waals surface area contributed by atoms with Crippen LogP contribution in [0.25, 0.3) is 0 Å². The van der Waals surface area contributed by atoms with Crippen molar-refractivity contribution in [3.05, 3.63) is 11.8 Å². The molecule has 2 heterocycles. The average Bonchev–Trinajstić information content (AvgIpc) is 2.29. The molecule has 0 saturated carbocycles. The van der Waals surface area contributed by atoms with Gasteiger partial charge in [0.05, 0.1) is 0 Å². The quantitative estimate of drug-likeness (QED) is 0.660. The molecule has 5 nitrogen and oxygen atoms in total. The third-order valence-electron chi connectivity index (χ3n) is 2.67. The summed E-state index contributed by atoms with van der Waals surface area (Å²) in [5.74, 6) is 3.56. The molecule has 0 aromatic carbocycles. The standard InChI is InChI=1S/C11H15N5/c1-3-9-8-10(12)14-11(13-9)16-6-4-15(2)5-7-16/h1,8H,4-7H2,2H3,(H2,12,13,14). The van der Waals surface area contributed by atoms with Crippen LogP contribution in [0.2, 0.25) is 0 Å². The van der Waals surface area contributed by atoms with Gasteiger partial charge in [-0.3, -0.25) is 0 Å². The Balaban J connectivity index is 2.20. The van der Waals surface area contributed by atoms with Gasteiger partial charge in [-0.2, -0.15) is 4.98 Å². The molecule has 0 bridgehead atoms. The fraction of sp³-hybridized carbons (Fsp3) is 0.455. The van der Waals surface area contributed by atoms with Crippen LogP contribution in [0, 0.1) is 12.3 Å². The predicted molar refractivity (Wildman–Crippen MR) is 64.1 cm³/mol. The van der Waals surface area contributed by atoms with E-state index in [0.717, 1.165) is 26.2 Å². The SMILES string of the molecule is C#Cc1cc(N)nc(N2CCN(C)CC2)n1. The van der Waals surface area contributed by atoms with Crippen molar-refractivity contribution in [3.63, 3.8) is 0 Å². The van der Waals surface area contributed by atoms with Gasteiger partial charge in [-0.05, 0) is 13.0 Å². The highest BCUT2D eigenvalue weighted by molar-refractivity contribution is 5.45. The van der Waals surface area contributed by atoms with Crippen LogP contribution in [0.15, 0.2) is 6.07 Å². The van der Waals surface area contributed by atoms with Crippen LogP contribution in [0.4, 0.5) is 11.8 Å². The van der Waals surface area contributed by atoms with E-state index in [-0.39, 0.29) is 0 Å². The van der Waals surface area contributed by atoms with E-state index < -0.39 is 0 Å². The Kier molecular flexibility index (Phi) is 2.93. The van der Waals surface area contributed by atoms with Crippen molar-refractivity contribution in [1.82, 2.24) is 14.9 Å². The van der Waals surface area contributed by atoms with Crippen molar-refractivity contribution in [3.8, 4) is 12.3 Å². The summed E-state index contributed by atoms with van der Waals surface area (Å²) in [7, 11) is 2.10. The van der Waals surface area contributed by atoms with Crippen LogP contribution in [-0.4, -0.2) is 48.1 Å². The van der Waals surface area contributed by atoms with E-state index in [1.807, 2.05) is 0 Å². The minimum Gasteiger partial charge on any atom is -0.383 e. The van der Waals surface area contributed by atoms with Crippen LogP contribution in [0.5, 0.6) is 0 Å². The monoisotopic (exact) mass is 217 g/mol. The summed E-state index contributed by atoms with van der Waals surface area (Å²) in [4.78, 5) is 12.9. The van der Waals surface area contributed by atoms with Crippen molar-refractivity contribution in [1.29, 1.82) is 0 Å². The molecule has 1 aromatic rings. The molecule has 84 valence electrons. The lowest BCUT2D eigenvalue weighted by Crippen LogP contribution is -2.45. The number of anilines is 2. The molecule has 16 heavy (non-hydrogen) atoms. The van der Waals surface area contributed by atoms with Gasteiger partial charge in [0.25, 0.3) is 0 Å². The molecular formula is C11H15N5. The molecule has 1 aliphatic heterocycles. The van der Waals surface area contributed by atoms with Gasteiger partial charge in [-0.1, -0.05) is 0 Å². The maximum atomic E-state index is 5.69. The minimum absolute atomic E-state index is 0.428. The highest BCUT2D eigenvalue weighted by atomic mass is 15.3. The number of nitrogens with zero attached hydrogens (tertiary/aromatic N) is 4. The van der Waals surface area contributed by atoms with Crippen molar-refractivity contribution in [2.75, 3.05) is 43.9 Å². The van der Waals surface area contributed by atoms with Crippen molar-refractivity contribution >= 4 is 11.8 Å². The first-order chi connectivity index (χ1) is 7.69. The molecular weight excluding hydrogens is 202 g/mol. The first kappa shape index (κ1) is 10.7. The largest absolute Gasteiger partial charge is 0.383 e. The Morgan fingerprint density at radius 3 is 2.62 bits per heavy atom. The lowest BCUT2D eigenvalue weighted by Gasteiger charge is -2.32. The normalized spacial score (nSPS) is 17.1. The van der Waals surface area contributed by atoms with Gasteiger partial charge in [0, 0.05) is 32.2 Å². The van der Waals surface area contributed by atoms with Crippen LogP contribution in [0.3, 0.4) is 0 Å². The molecule has 2 N–H and O–H groups in total. The lowest BCUT2D eigenvalue weighted by atomic mass is 10.3. The summed E-state index contributed by atoms with van der Waals surface area (Å²) in [5, 5.41) is 0. The zero-order chi connectivity index (χ0) is 11.5. The molecule has 0 unspecified atom stereocenters. The number of nitrogens with two attached hydrogens (primary N) is 1. The first-order valence-corrected chi connectivity index (χ1v) is 5.23. The number of aromatic nitrogens is 2. The second-order valence-corrected chi connectivity index (χ2v) is 3.91. The third kappa shape index (κ3) is 2.23. The van der Waals surface area contributed by atoms with Gasteiger partial charge in [0.1, 0.15) is 11.5 Å². The smallest absolute Gasteiger partial charge is 0.228 e. The van der Waals surface area contributed by atoms with Crippen molar-refractivity contribution < 1.29 is 0 Å². The second-order valence-electron chi connectivity index (χ2n) is 3.91. The zero-order valence-electron chi connectivity index (χ0n) is 9.35. The molecule has 0 radical (unpaired) electrons. The molecule has 2 rings (SSSR count). The summed E-state index contributed by atoms with van der Waals surface area (Å²) in [6.07, 6.45) is 5.32. The van der Waals surface area contributed by atoms with Gasteiger partial charge >= 0.3 is 0 Å². The lowest BCUT2D eigenvalue weighted by molar-refractivity contribution is 0.311. The zero-order valence-corrected chi connectivity index (χ0v) is 9.35. The molecule has 0 aliphatic carbocycles. The van der Waals surface area contributed by atoms with E-state index in [9.17, 15) is 0 Å². The fourth-order valence-corrected chi connectivity index (χ4v) is 1.67. The summed E-state index contributed by atoms with van der Waals surface area (Å²) < 4.78 is 0. The third-order valence-corrected chi connectivity index (χ3v) is 2.67. The Morgan fingerprint density at radius 1 is 1.31 bits per heavy atom. The first-order valence-electron chi connectivity index (χ1n) is 5.23. The van der Waals surface area contributed by atoms with Crippen LogP contribution < -0.4 is 10.6 Å². The van der Waals surface area contributed by atoms with E-state index in [0.29, 0.717) is 17.5 Å². The summed E-state index contributed by atoms with van der Waals surface area (Å²) in [5.41, 5.74) is 6.23. The highest BCUT2D eigenvalue weighted by Crippen LogP contribution is 2.13. The van der Waals surface area contributed by atoms with E-state index >= 15 is 0 Å². The van der Waals surface area contributed by atoms with Gasteiger partial charge in [0.2, 0.25) is 5.95 Å². The highest BCUT2D eigenvalue weighted by Gasteiger charge is 2.16. The average molecular weight is 217 g/mol. The topological polar surface area (TPSA) is 58.3 Å². The number of nitrogen functional groups attached to an aromatic ring is 1. The maximum Gasteiger partial charge on any atom is 0.228 e. The molecule has 0 atom stereocenters. The van der Waals surface area contributed by atoms with E-state index in [4.69, 9.17) is 12.2 Å². The molecule has 0 amide bonds. The van der Waals surface area contributed by atoms with Gasteiger partial charge in [-0.15, -0.1) is 6.42 Å². The number of hydrogen-bond donors (Lipinski definition) is 1. The van der Waals surface area contributed by atoms with Crippen molar-refractivity contribution in [2.24, 2.45) is 0 Å². The molecule has 1 fully saturated rings. The predicted octanol–water partition coefficient (Wildman–Crippen LogP) is -0.208. The molecule has 0 spiro atoms. The van der Waals surface area contributed by atoms with Gasteiger partial charge in [0.15, 0.2) is 0 Å². The number of terminal acetylenes is 1. The molecule has 1 aromatic heterocycles. The fourth-order valence-electron chi connectivity index (χ4n) is 1.67. The van der Waals surface area contributed by atoms with Gasteiger partial charge < -0.3 is 15.5 Å². The Morgan fingerprint density at radius 2 is 2.00 bits per heavy atom. The van der Waals surface area contributed by atoms with Crippen LogP contribution in [-0.2, 0) is 0 Å². The minimum atomic E-state index is 0.428. The van der Waals surface area contributed by atoms with Crippen LogP contribution in [0.1, 0.15) is 5.69 Å². The number of rotatable bonds is 1. The Labute approximate surface area is 95.3 Å². The van der Waals surface area contributed by atoms with Crippen LogP contribution >= 0.6 is 0 Å². The number of hydrogen-bond acceptors (Lipinski definition) is 5. The Hall–Kier alpha value is -1.80. The van der Waals surface area contributed by atoms with Gasteiger partial charge in [-0.25, -0.2) is 4.98 Å². The second kappa shape index (κ2) is 4.37. The maximum absolute atomic E-state index is 5.69. The Bertz CT molecular complexity index is 415. The molecule has 1 aliphatic rings. The number of piperazine rings is 1.